The molecule has 0 saturated heterocycles. The zero-order chi connectivity index (χ0) is 9.19. The van der Waals surface area contributed by atoms with Gasteiger partial charge in [0.25, 0.3) is 10.2 Å². The van der Waals surface area contributed by atoms with Gasteiger partial charge in [0.15, 0.2) is 5.82 Å². The van der Waals surface area contributed by atoms with E-state index in [-0.39, 0.29) is 10.8 Å². The summed E-state index contributed by atoms with van der Waals surface area (Å²) in [5.41, 5.74) is 0. The van der Waals surface area contributed by atoms with Crippen molar-refractivity contribution >= 4 is 27.6 Å². The fourth-order valence-electron chi connectivity index (χ4n) is 0.596. The molecule has 0 atom stereocenters. The van der Waals surface area contributed by atoms with Gasteiger partial charge < -0.3 is 0 Å². The Morgan fingerprint density at radius 1 is 1.58 bits per heavy atom. The Labute approximate surface area is 74.7 Å². The van der Waals surface area contributed by atoms with Crippen LogP contribution in [0.5, 0.6) is 0 Å². The van der Waals surface area contributed by atoms with Crippen LogP contribution in [-0.2, 0) is 10.2 Å². The van der Waals surface area contributed by atoms with E-state index in [0.29, 0.717) is 0 Å². The molecule has 0 amide bonds. The van der Waals surface area contributed by atoms with E-state index in [4.69, 9.17) is 16.7 Å². The number of hydrogen-bond acceptors (Lipinski definition) is 3. The van der Waals surface area contributed by atoms with Gasteiger partial charge in [0.1, 0.15) is 0 Å². The molecule has 1 rings (SSSR count). The highest BCUT2D eigenvalue weighted by molar-refractivity contribution is 7.90. The number of hydrogen-bond donors (Lipinski definition) is 2. The quantitative estimate of drug-likeness (QED) is 0.734. The van der Waals surface area contributed by atoms with Gasteiger partial charge in [-0.2, -0.15) is 8.42 Å². The van der Waals surface area contributed by atoms with Crippen LogP contribution in [0, 0.1) is 0 Å². The number of rotatable bonds is 2. The summed E-state index contributed by atoms with van der Waals surface area (Å²) >= 11 is 5.59. The van der Waals surface area contributed by atoms with Crippen molar-refractivity contribution in [1.29, 1.82) is 0 Å². The minimum atomic E-state index is -3.80. The molecule has 3 N–H and O–H groups in total. The van der Waals surface area contributed by atoms with Gasteiger partial charge in [-0.25, -0.2) is 10.1 Å². The molecule has 12 heavy (non-hydrogen) atoms. The smallest absolute Gasteiger partial charge is 0.254 e. The van der Waals surface area contributed by atoms with E-state index in [0.717, 1.165) is 0 Å². The van der Waals surface area contributed by atoms with Crippen LogP contribution in [0.25, 0.3) is 0 Å². The second-order valence-corrected chi connectivity index (χ2v) is 3.68. The zero-order valence-electron chi connectivity index (χ0n) is 5.86. The molecule has 1 aromatic rings. The van der Waals surface area contributed by atoms with Gasteiger partial charge in [-0.3, -0.25) is 4.72 Å². The number of anilines is 1. The molecule has 0 aromatic carbocycles. The predicted molar refractivity (Wildman–Crippen MR) is 46.0 cm³/mol. The van der Waals surface area contributed by atoms with E-state index in [9.17, 15) is 8.42 Å². The Morgan fingerprint density at radius 2 is 2.25 bits per heavy atom. The molecule has 5 nitrogen and oxygen atoms in total. The molecule has 0 aliphatic heterocycles. The summed E-state index contributed by atoms with van der Waals surface area (Å²) in [4.78, 5) is 3.66. The van der Waals surface area contributed by atoms with Crippen molar-refractivity contribution in [3.8, 4) is 0 Å². The summed E-state index contributed by atoms with van der Waals surface area (Å²) in [5.74, 6) is 0.0293. The molecular formula is C5H6ClN3O2S. The standard InChI is InChI=1S/C5H6ClN3O2S/c6-4-2-1-3-8-5(4)9-12(7,10)11/h1-3H,(H,8,9)(H2,7,10,11). The lowest BCUT2D eigenvalue weighted by molar-refractivity contribution is 0.602. The first-order valence-corrected chi connectivity index (χ1v) is 4.82. The molecule has 0 saturated carbocycles. The van der Waals surface area contributed by atoms with Crippen LogP contribution >= 0.6 is 11.6 Å². The van der Waals surface area contributed by atoms with Gasteiger partial charge >= 0.3 is 0 Å². The lowest BCUT2D eigenvalue weighted by Gasteiger charge is -2.02. The van der Waals surface area contributed by atoms with Crippen LogP contribution in [0.4, 0.5) is 5.82 Å². The minimum Gasteiger partial charge on any atom is -0.254 e. The van der Waals surface area contributed by atoms with E-state index >= 15 is 0 Å². The molecule has 0 aliphatic rings. The molecule has 0 spiro atoms. The van der Waals surface area contributed by atoms with E-state index in [1.165, 1.54) is 12.3 Å². The van der Waals surface area contributed by atoms with E-state index < -0.39 is 10.2 Å². The fraction of sp³-hybridized carbons (Fsp3) is 0. The number of pyridine rings is 1. The average molecular weight is 208 g/mol. The number of nitrogens with two attached hydrogens (primary N) is 1. The summed E-state index contributed by atoms with van der Waals surface area (Å²) in [6, 6.07) is 3.08. The molecule has 1 aromatic heterocycles. The van der Waals surface area contributed by atoms with Gasteiger partial charge in [-0.1, -0.05) is 11.6 Å². The summed E-state index contributed by atoms with van der Waals surface area (Å²) < 4.78 is 23.0. The minimum absolute atomic E-state index is 0.0293. The third kappa shape index (κ3) is 2.65. The summed E-state index contributed by atoms with van der Waals surface area (Å²) in [5, 5.41) is 4.90. The van der Waals surface area contributed by atoms with Crippen molar-refractivity contribution in [3.63, 3.8) is 0 Å². The van der Waals surface area contributed by atoms with Crippen LogP contribution < -0.4 is 9.86 Å². The zero-order valence-corrected chi connectivity index (χ0v) is 7.43. The summed E-state index contributed by atoms with van der Waals surface area (Å²) in [6.07, 6.45) is 1.40. The van der Waals surface area contributed by atoms with E-state index in [1.54, 1.807) is 6.07 Å². The van der Waals surface area contributed by atoms with Crippen molar-refractivity contribution in [1.82, 2.24) is 4.98 Å². The van der Waals surface area contributed by atoms with Crippen LogP contribution in [0.3, 0.4) is 0 Å². The van der Waals surface area contributed by atoms with Crippen molar-refractivity contribution in [2.75, 3.05) is 4.72 Å². The number of halogens is 1. The van der Waals surface area contributed by atoms with Crippen LogP contribution in [-0.4, -0.2) is 13.4 Å². The van der Waals surface area contributed by atoms with Crippen LogP contribution in [0.2, 0.25) is 5.02 Å². The second-order valence-electron chi connectivity index (χ2n) is 1.98. The Bertz CT molecular complexity index is 378. The Kier molecular flexibility index (Phi) is 2.51. The first kappa shape index (κ1) is 9.24. The number of nitrogens with one attached hydrogen (secondary N) is 1. The van der Waals surface area contributed by atoms with Gasteiger partial charge in [0, 0.05) is 6.20 Å². The Balaban J connectivity index is 2.98. The van der Waals surface area contributed by atoms with Crippen molar-refractivity contribution < 1.29 is 8.42 Å². The fourth-order valence-corrected chi connectivity index (χ4v) is 1.25. The molecule has 0 radical (unpaired) electrons. The first-order chi connectivity index (χ1) is 5.49. The maximum atomic E-state index is 10.5. The third-order valence-electron chi connectivity index (χ3n) is 0.997. The summed E-state index contributed by atoms with van der Waals surface area (Å²) in [7, 11) is -3.80. The highest BCUT2D eigenvalue weighted by atomic mass is 35.5. The molecule has 0 unspecified atom stereocenters. The number of nitrogens with zero attached hydrogens (tertiary/aromatic N) is 1. The van der Waals surface area contributed by atoms with Gasteiger partial charge in [-0.15, -0.1) is 0 Å². The lowest BCUT2D eigenvalue weighted by atomic mass is 10.5. The Morgan fingerprint density at radius 3 is 2.75 bits per heavy atom. The normalized spacial score (nSPS) is 11.2. The molecule has 66 valence electrons. The molecule has 0 bridgehead atoms. The lowest BCUT2D eigenvalue weighted by Crippen LogP contribution is -2.22. The maximum Gasteiger partial charge on any atom is 0.297 e. The molecule has 0 aliphatic carbocycles. The summed E-state index contributed by atoms with van der Waals surface area (Å²) in [6.45, 7) is 0. The predicted octanol–water partition coefficient (Wildman–Crippen LogP) is 0.350. The molecule has 0 fully saturated rings. The monoisotopic (exact) mass is 207 g/mol. The first-order valence-electron chi connectivity index (χ1n) is 2.90. The van der Waals surface area contributed by atoms with Crippen LogP contribution in [0.15, 0.2) is 18.3 Å². The van der Waals surface area contributed by atoms with Crippen molar-refractivity contribution in [2.24, 2.45) is 5.14 Å². The van der Waals surface area contributed by atoms with E-state index in [2.05, 4.69) is 4.98 Å². The Hall–Kier alpha value is -0.850. The van der Waals surface area contributed by atoms with Gasteiger partial charge in [-0.05, 0) is 12.1 Å². The van der Waals surface area contributed by atoms with Gasteiger partial charge in [0.2, 0.25) is 0 Å². The van der Waals surface area contributed by atoms with Crippen molar-refractivity contribution in [3.05, 3.63) is 23.4 Å². The molecule has 1 heterocycles. The third-order valence-corrected chi connectivity index (χ3v) is 1.78. The molecule has 7 heteroatoms. The topological polar surface area (TPSA) is 85.1 Å². The maximum absolute atomic E-state index is 10.5. The second kappa shape index (κ2) is 3.26. The number of aromatic nitrogens is 1. The van der Waals surface area contributed by atoms with E-state index in [1.807, 2.05) is 4.72 Å². The van der Waals surface area contributed by atoms with Crippen molar-refractivity contribution in [2.45, 2.75) is 0 Å². The SMILES string of the molecule is NS(=O)(=O)Nc1ncccc1Cl. The van der Waals surface area contributed by atoms with Crippen LogP contribution in [0.1, 0.15) is 0 Å². The largest absolute Gasteiger partial charge is 0.297 e. The highest BCUT2D eigenvalue weighted by Crippen LogP contribution is 2.17. The van der Waals surface area contributed by atoms with Gasteiger partial charge in [0.05, 0.1) is 5.02 Å². The average Bonchev–Trinajstić information content (AvgIpc) is 1.91. The molecular weight excluding hydrogens is 202 g/mol. The highest BCUT2D eigenvalue weighted by Gasteiger charge is 2.05.